The van der Waals surface area contributed by atoms with E-state index in [4.69, 9.17) is 0 Å². The van der Waals surface area contributed by atoms with E-state index < -0.39 is 0 Å². The highest BCUT2D eigenvalue weighted by molar-refractivity contribution is 5.92. The lowest BCUT2D eigenvalue weighted by atomic mass is 10.1. The normalized spacial score (nSPS) is 17.3. The maximum atomic E-state index is 12.5. The van der Waals surface area contributed by atoms with Crippen molar-refractivity contribution in [2.75, 3.05) is 25.5 Å². The molecule has 3 heterocycles. The first-order valence-electron chi connectivity index (χ1n) is 7.69. The fourth-order valence-electron chi connectivity index (χ4n) is 2.79. The van der Waals surface area contributed by atoms with Gasteiger partial charge in [-0.1, -0.05) is 0 Å². The number of amides is 1. The largest absolute Gasteiger partial charge is 0.348 e. The Bertz CT molecular complexity index is 717. The molecule has 3 rings (SSSR count). The molecule has 6 nitrogen and oxygen atoms in total. The van der Waals surface area contributed by atoms with Crippen molar-refractivity contribution in [2.45, 2.75) is 19.5 Å². The molecule has 2 aromatic rings. The highest BCUT2D eigenvalue weighted by Crippen LogP contribution is 2.25. The average Bonchev–Trinajstić information content (AvgIpc) is 3.03. The van der Waals surface area contributed by atoms with E-state index in [0.29, 0.717) is 5.95 Å². The van der Waals surface area contributed by atoms with Crippen LogP contribution in [-0.2, 0) is 11.3 Å². The third-order valence-electron chi connectivity index (χ3n) is 4.10. The summed E-state index contributed by atoms with van der Waals surface area (Å²) < 4.78 is 2.20. The second-order valence-corrected chi connectivity index (χ2v) is 5.88. The molecule has 1 unspecified atom stereocenters. The van der Waals surface area contributed by atoms with Crippen molar-refractivity contribution in [1.29, 1.82) is 0 Å². The number of hydrogen-bond donors (Lipinski definition) is 0. The number of rotatable bonds is 3. The second kappa shape index (κ2) is 6.24. The first-order chi connectivity index (χ1) is 11.1. The van der Waals surface area contributed by atoms with Crippen molar-refractivity contribution >= 4 is 17.9 Å². The molecule has 1 atom stereocenters. The summed E-state index contributed by atoms with van der Waals surface area (Å²) in [4.78, 5) is 24.7. The molecule has 120 valence electrons. The van der Waals surface area contributed by atoms with Crippen LogP contribution in [0.1, 0.15) is 24.2 Å². The molecule has 1 aliphatic rings. The third-order valence-corrected chi connectivity index (χ3v) is 4.10. The number of nitrogens with zero attached hydrogens (tertiary/aromatic N) is 5. The zero-order chi connectivity index (χ0) is 16.4. The molecule has 0 radical (unpaired) electrons. The molecule has 0 saturated heterocycles. The summed E-state index contributed by atoms with van der Waals surface area (Å²) in [6.45, 7) is 3.63. The van der Waals surface area contributed by atoms with Crippen LogP contribution in [0.15, 0.2) is 36.8 Å². The summed E-state index contributed by atoms with van der Waals surface area (Å²) in [7, 11) is 3.78. The van der Waals surface area contributed by atoms with Crippen LogP contribution in [0.3, 0.4) is 0 Å². The van der Waals surface area contributed by atoms with Crippen LogP contribution in [0, 0.1) is 0 Å². The smallest absolute Gasteiger partial charge is 0.247 e. The van der Waals surface area contributed by atoms with Gasteiger partial charge < -0.3 is 14.4 Å². The van der Waals surface area contributed by atoms with Gasteiger partial charge in [0.15, 0.2) is 0 Å². The minimum atomic E-state index is 0.0154. The molecular weight excluding hydrogens is 290 g/mol. The lowest BCUT2D eigenvalue weighted by Crippen LogP contribution is -2.39. The van der Waals surface area contributed by atoms with Crippen LogP contribution in [0.5, 0.6) is 0 Å². The molecule has 0 bridgehead atoms. The topological polar surface area (TPSA) is 54.3 Å². The van der Waals surface area contributed by atoms with Crippen molar-refractivity contribution < 1.29 is 4.79 Å². The predicted molar refractivity (Wildman–Crippen MR) is 90.0 cm³/mol. The summed E-state index contributed by atoms with van der Waals surface area (Å²) in [5.74, 6) is 0.667. The fraction of sp³-hybridized carbons (Fsp3) is 0.353. The van der Waals surface area contributed by atoms with Gasteiger partial charge in [-0.05, 0) is 25.1 Å². The summed E-state index contributed by atoms with van der Waals surface area (Å²) in [6.07, 6.45) is 8.87. The van der Waals surface area contributed by atoms with Gasteiger partial charge >= 0.3 is 0 Å². The molecule has 0 saturated carbocycles. The average molecular weight is 311 g/mol. The number of carbonyl (C=O) groups is 1. The quantitative estimate of drug-likeness (QED) is 0.813. The molecule has 0 aromatic carbocycles. The zero-order valence-electron chi connectivity index (χ0n) is 13.7. The molecule has 23 heavy (non-hydrogen) atoms. The van der Waals surface area contributed by atoms with E-state index >= 15 is 0 Å². The maximum Gasteiger partial charge on any atom is 0.247 e. The van der Waals surface area contributed by atoms with Gasteiger partial charge in [-0.3, -0.25) is 4.79 Å². The molecule has 0 fully saturated rings. The molecule has 0 aliphatic carbocycles. The van der Waals surface area contributed by atoms with Crippen molar-refractivity contribution in [1.82, 2.24) is 19.4 Å². The summed E-state index contributed by atoms with van der Waals surface area (Å²) in [6, 6.07) is 4.18. The first kappa shape index (κ1) is 15.3. The monoisotopic (exact) mass is 311 g/mol. The van der Waals surface area contributed by atoms with Gasteiger partial charge in [-0.15, -0.1) is 0 Å². The SMILES string of the molecule is CC1c2cccn2CCN1C(=O)C=Cc1cnc(N(C)C)nc1. The third kappa shape index (κ3) is 3.11. The lowest BCUT2D eigenvalue weighted by Gasteiger charge is -2.34. The van der Waals surface area contributed by atoms with Gasteiger partial charge in [0.25, 0.3) is 0 Å². The first-order valence-corrected chi connectivity index (χ1v) is 7.69. The predicted octanol–water partition coefficient (Wildman–Crippen LogP) is 1.96. The highest BCUT2D eigenvalue weighted by atomic mass is 16.2. The summed E-state index contributed by atoms with van der Waals surface area (Å²) >= 11 is 0. The Balaban J connectivity index is 1.69. The Morgan fingerprint density at radius 2 is 2.04 bits per heavy atom. The molecule has 2 aromatic heterocycles. The van der Waals surface area contributed by atoms with Crippen LogP contribution in [0.25, 0.3) is 6.08 Å². The minimum Gasteiger partial charge on any atom is -0.348 e. The van der Waals surface area contributed by atoms with Gasteiger partial charge in [0.1, 0.15) is 0 Å². The number of carbonyl (C=O) groups excluding carboxylic acids is 1. The van der Waals surface area contributed by atoms with E-state index in [1.54, 1.807) is 24.5 Å². The van der Waals surface area contributed by atoms with Gasteiger partial charge in [0.2, 0.25) is 11.9 Å². The van der Waals surface area contributed by atoms with Crippen LogP contribution in [0.4, 0.5) is 5.95 Å². The van der Waals surface area contributed by atoms with Crippen LogP contribution < -0.4 is 4.90 Å². The molecular formula is C17H21N5O. The second-order valence-electron chi connectivity index (χ2n) is 5.88. The lowest BCUT2D eigenvalue weighted by molar-refractivity contribution is -0.129. The number of anilines is 1. The Kier molecular flexibility index (Phi) is 4.14. The zero-order valence-corrected chi connectivity index (χ0v) is 13.7. The van der Waals surface area contributed by atoms with Crippen LogP contribution in [0.2, 0.25) is 0 Å². The van der Waals surface area contributed by atoms with E-state index in [1.165, 1.54) is 5.69 Å². The van der Waals surface area contributed by atoms with E-state index in [1.807, 2.05) is 30.0 Å². The highest BCUT2D eigenvalue weighted by Gasteiger charge is 2.25. The standard InChI is InChI=1S/C17H21N5O/c1-13-15-5-4-8-21(15)9-10-22(13)16(23)7-6-14-11-18-17(19-12-14)20(2)3/h4-8,11-13H,9-10H2,1-3H3. The van der Waals surface area contributed by atoms with Gasteiger partial charge in [0.05, 0.1) is 6.04 Å². The molecule has 1 amide bonds. The van der Waals surface area contributed by atoms with E-state index in [-0.39, 0.29) is 11.9 Å². The Hall–Kier alpha value is -2.63. The van der Waals surface area contributed by atoms with Crippen molar-refractivity contribution in [3.8, 4) is 0 Å². The van der Waals surface area contributed by atoms with Crippen LogP contribution in [-0.4, -0.2) is 46.0 Å². The van der Waals surface area contributed by atoms with Gasteiger partial charge in [0, 0.05) is 63.1 Å². The number of fused-ring (bicyclic) bond motifs is 1. The summed E-state index contributed by atoms with van der Waals surface area (Å²) in [5.41, 5.74) is 1.99. The maximum absolute atomic E-state index is 12.5. The number of hydrogen-bond acceptors (Lipinski definition) is 4. The minimum absolute atomic E-state index is 0.0154. The van der Waals surface area contributed by atoms with Crippen molar-refractivity contribution in [3.05, 3.63) is 48.1 Å². The Morgan fingerprint density at radius 3 is 2.74 bits per heavy atom. The van der Waals surface area contributed by atoms with Gasteiger partial charge in [-0.2, -0.15) is 0 Å². The van der Waals surface area contributed by atoms with Gasteiger partial charge in [-0.25, -0.2) is 9.97 Å². The molecule has 0 spiro atoms. The van der Waals surface area contributed by atoms with E-state index in [2.05, 4.69) is 33.7 Å². The fourth-order valence-corrected chi connectivity index (χ4v) is 2.79. The molecule has 0 N–H and O–H groups in total. The molecule has 1 aliphatic heterocycles. The Labute approximate surface area is 136 Å². The van der Waals surface area contributed by atoms with E-state index in [9.17, 15) is 4.79 Å². The van der Waals surface area contributed by atoms with E-state index in [0.717, 1.165) is 18.7 Å². The van der Waals surface area contributed by atoms with Crippen molar-refractivity contribution in [3.63, 3.8) is 0 Å². The van der Waals surface area contributed by atoms with Crippen LogP contribution >= 0.6 is 0 Å². The number of aromatic nitrogens is 3. The summed E-state index contributed by atoms with van der Waals surface area (Å²) in [5, 5.41) is 0. The Morgan fingerprint density at radius 1 is 1.30 bits per heavy atom. The molecule has 6 heteroatoms. The van der Waals surface area contributed by atoms with Crippen molar-refractivity contribution in [2.24, 2.45) is 0 Å².